The van der Waals surface area contributed by atoms with Gasteiger partial charge in [-0.05, 0) is 49.3 Å². The zero-order valence-corrected chi connectivity index (χ0v) is 16.9. The van der Waals surface area contributed by atoms with Gasteiger partial charge in [-0.15, -0.1) is 0 Å². The average molecular weight is 395 g/mol. The number of piperazine rings is 1. The molecule has 1 N–H and O–H groups in total. The van der Waals surface area contributed by atoms with Crippen molar-refractivity contribution in [1.82, 2.24) is 15.2 Å². The van der Waals surface area contributed by atoms with Crippen LogP contribution in [0.5, 0.6) is 0 Å². The molecule has 146 valence electrons. The van der Waals surface area contributed by atoms with Crippen molar-refractivity contribution in [3.63, 3.8) is 0 Å². The van der Waals surface area contributed by atoms with E-state index in [0.717, 1.165) is 37.5 Å². The second-order valence-electron chi connectivity index (χ2n) is 8.69. The molecule has 1 saturated carbocycles. The number of anilines is 1. The summed E-state index contributed by atoms with van der Waals surface area (Å²) in [5.74, 6) is 0.891. The van der Waals surface area contributed by atoms with Crippen LogP contribution in [0.4, 0.5) is 5.13 Å². The van der Waals surface area contributed by atoms with Crippen LogP contribution >= 0.6 is 11.3 Å². The molecule has 2 saturated heterocycles. The lowest BCUT2D eigenvalue weighted by molar-refractivity contribution is 0.0736. The quantitative estimate of drug-likeness (QED) is 0.869. The van der Waals surface area contributed by atoms with Gasteiger partial charge in [-0.25, -0.2) is 4.98 Å². The summed E-state index contributed by atoms with van der Waals surface area (Å²) in [6, 6.07) is 9.50. The smallest absolute Gasteiger partial charge is 0.254 e. The zero-order valence-electron chi connectivity index (χ0n) is 16.1. The highest BCUT2D eigenvalue weighted by molar-refractivity contribution is 7.15. The maximum atomic E-state index is 13.0. The third-order valence-corrected chi connectivity index (χ3v) is 7.91. The molecule has 2 atom stereocenters. The number of thiazole rings is 1. The van der Waals surface area contributed by atoms with E-state index in [1.54, 1.807) is 0 Å². The highest BCUT2D eigenvalue weighted by Crippen LogP contribution is 2.40. The van der Waals surface area contributed by atoms with Crippen LogP contribution in [0.25, 0.3) is 0 Å². The van der Waals surface area contributed by atoms with Crippen LogP contribution in [-0.4, -0.2) is 47.5 Å². The fourth-order valence-corrected chi connectivity index (χ4v) is 6.32. The lowest BCUT2D eigenvalue weighted by Gasteiger charge is -2.35. The Balaban J connectivity index is 1.20. The summed E-state index contributed by atoms with van der Waals surface area (Å²) in [6.07, 6.45) is 6.00. The third kappa shape index (κ3) is 2.85. The molecule has 3 fully saturated rings. The van der Waals surface area contributed by atoms with Gasteiger partial charge >= 0.3 is 0 Å². The Hall–Kier alpha value is -1.92. The SMILES string of the molecule is O=C(c1ccc(C2CC2)cc1)N1CCc2nc(N3C4CCC3CNC4)sc2C1. The van der Waals surface area contributed by atoms with E-state index in [9.17, 15) is 4.79 Å². The summed E-state index contributed by atoms with van der Waals surface area (Å²) in [6.45, 7) is 3.62. The van der Waals surface area contributed by atoms with Crippen LogP contribution in [0.1, 0.15) is 58.1 Å². The summed E-state index contributed by atoms with van der Waals surface area (Å²) >= 11 is 1.81. The van der Waals surface area contributed by atoms with Gasteiger partial charge in [0.2, 0.25) is 0 Å². The molecule has 1 aliphatic carbocycles. The standard InChI is InChI=1S/C22H26N4OS/c27-21(16-5-3-15(4-6-16)14-1-2-14)25-10-9-19-20(13-25)28-22(24-19)26-17-7-8-18(26)12-23-11-17/h3-6,14,17-18,23H,1-2,7-13H2. The number of nitrogens with zero attached hydrogens (tertiary/aromatic N) is 3. The van der Waals surface area contributed by atoms with Gasteiger partial charge in [0.05, 0.1) is 12.2 Å². The van der Waals surface area contributed by atoms with E-state index in [4.69, 9.17) is 4.98 Å². The Morgan fingerprint density at radius 2 is 1.82 bits per heavy atom. The van der Waals surface area contributed by atoms with Gasteiger partial charge in [-0.3, -0.25) is 4.79 Å². The van der Waals surface area contributed by atoms with E-state index >= 15 is 0 Å². The molecule has 5 nitrogen and oxygen atoms in total. The van der Waals surface area contributed by atoms with Gasteiger partial charge in [-0.2, -0.15) is 0 Å². The molecule has 1 amide bonds. The molecular weight excluding hydrogens is 368 g/mol. The number of amides is 1. The van der Waals surface area contributed by atoms with Crippen LogP contribution in [0.3, 0.4) is 0 Å². The third-order valence-electron chi connectivity index (χ3n) is 6.81. The topological polar surface area (TPSA) is 48.5 Å². The van der Waals surface area contributed by atoms with Crippen LogP contribution < -0.4 is 10.2 Å². The molecule has 2 aromatic rings. The van der Waals surface area contributed by atoms with Crippen molar-refractivity contribution in [2.24, 2.45) is 0 Å². The Labute approximate surface area is 169 Å². The van der Waals surface area contributed by atoms with Gasteiger partial charge in [0, 0.05) is 48.6 Å². The summed E-state index contributed by atoms with van der Waals surface area (Å²) in [7, 11) is 0. The van der Waals surface area contributed by atoms with Gasteiger partial charge < -0.3 is 15.1 Å². The Kier molecular flexibility index (Phi) is 3.98. The molecule has 4 heterocycles. The molecule has 2 bridgehead atoms. The molecule has 1 aromatic heterocycles. The van der Waals surface area contributed by atoms with Crippen molar-refractivity contribution in [1.29, 1.82) is 0 Å². The van der Waals surface area contributed by atoms with E-state index in [1.165, 1.54) is 46.9 Å². The fourth-order valence-electron chi connectivity index (χ4n) is 5.05. The van der Waals surface area contributed by atoms with E-state index in [-0.39, 0.29) is 5.91 Å². The Morgan fingerprint density at radius 1 is 1.07 bits per heavy atom. The number of nitrogens with one attached hydrogen (secondary N) is 1. The lowest BCUT2D eigenvalue weighted by atomic mass is 10.1. The van der Waals surface area contributed by atoms with Gasteiger partial charge in [0.1, 0.15) is 0 Å². The van der Waals surface area contributed by atoms with Crippen LogP contribution in [0.15, 0.2) is 24.3 Å². The zero-order chi connectivity index (χ0) is 18.7. The highest BCUT2D eigenvalue weighted by atomic mass is 32.1. The number of carbonyl (C=O) groups is 1. The van der Waals surface area contributed by atoms with Crippen molar-refractivity contribution in [2.75, 3.05) is 24.5 Å². The highest BCUT2D eigenvalue weighted by Gasteiger charge is 2.39. The Morgan fingerprint density at radius 3 is 2.54 bits per heavy atom. The van der Waals surface area contributed by atoms with Crippen LogP contribution in [-0.2, 0) is 13.0 Å². The molecule has 4 aliphatic rings. The number of hydrogen-bond donors (Lipinski definition) is 1. The molecular formula is C22H26N4OS. The molecule has 6 rings (SSSR count). The lowest BCUT2D eigenvalue weighted by Crippen LogP contribution is -2.51. The molecule has 0 spiro atoms. The van der Waals surface area contributed by atoms with Gasteiger partial charge in [0.25, 0.3) is 5.91 Å². The number of hydrogen-bond acceptors (Lipinski definition) is 5. The van der Waals surface area contributed by atoms with Crippen molar-refractivity contribution < 1.29 is 4.79 Å². The molecule has 0 radical (unpaired) electrons. The summed E-state index contributed by atoms with van der Waals surface area (Å²) < 4.78 is 0. The minimum absolute atomic E-state index is 0.158. The maximum Gasteiger partial charge on any atom is 0.254 e. The number of aromatic nitrogens is 1. The Bertz CT molecular complexity index is 888. The predicted molar refractivity (Wildman–Crippen MR) is 111 cm³/mol. The van der Waals surface area contributed by atoms with Crippen molar-refractivity contribution in [2.45, 2.75) is 56.7 Å². The van der Waals surface area contributed by atoms with Crippen LogP contribution in [0, 0.1) is 0 Å². The average Bonchev–Trinajstić information content (AvgIpc) is 3.44. The van der Waals surface area contributed by atoms with E-state index < -0.39 is 0 Å². The first-order valence-corrected chi connectivity index (χ1v) is 11.4. The molecule has 6 heteroatoms. The van der Waals surface area contributed by atoms with Gasteiger partial charge in [-0.1, -0.05) is 23.5 Å². The normalized spacial score (nSPS) is 26.4. The largest absolute Gasteiger partial charge is 0.340 e. The number of fused-ring (bicyclic) bond motifs is 3. The predicted octanol–water partition coefficient (Wildman–Crippen LogP) is 3.16. The second-order valence-corrected chi connectivity index (χ2v) is 9.75. The second kappa shape index (κ2) is 6.56. The molecule has 28 heavy (non-hydrogen) atoms. The monoisotopic (exact) mass is 394 g/mol. The number of benzene rings is 1. The first kappa shape index (κ1) is 17.0. The minimum Gasteiger partial charge on any atom is -0.340 e. The maximum absolute atomic E-state index is 13.0. The number of rotatable bonds is 3. The van der Waals surface area contributed by atoms with E-state index in [1.807, 2.05) is 28.4 Å². The van der Waals surface area contributed by atoms with Crippen molar-refractivity contribution in [3.8, 4) is 0 Å². The van der Waals surface area contributed by atoms with Crippen LogP contribution in [0.2, 0.25) is 0 Å². The van der Waals surface area contributed by atoms with Gasteiger partial charge in [0.15, 0.2) is 5.13 Å². The summed E-state index contributed by atoms with van der Waals surface area (Å²) in [4.78, 5) is 23.9. The summed E-state index contributed by atoms with van der Waals surface area (Å²) in [5, 5.41) is 4.73. The van der Waals surface area contributed by atoms with E-state index in [2.05, 4.69) is 22.3 Å². The first-order valence-electron chi connectivity index (χ1n) is 10.6. The fraction of sp³-hybridized carbons (Fsp3) is 0.545. The number of carbonyl (C=O) groups excluding carboxylic acids is 1. The molecule has 3 aliphatic heterocycles. The summed E-state index contributed by atoms with van der Waals surface area (Å²) in [5.41, 5.74) is 3.42. The minimum atomic E-state index is 0.158. The van der Waals surface area contributed by atoms with Crippen molar-refractivity contribution in [3.05, 3.63) is 46.0 Å². The molecule has 1 aromatic carbocycles. The van der Waals surface area contributed by atoms with Crippen molar-refractivity contribution >= 4 is 22.4 Å². The first-order chi connectivity index (χ1) is 13.8. The van der Waals surface area contributed by atoms with E-state index in [0.29, 0.717) is 18.6 Å². The molecule has 2 unspecified atom stereocenters.